The standard InChI is InChI=1S/C12H20N4O/c1-15-8-7-10(14-15)12(17)16(2)11-6-4-3-5-9(11)13/h7-9,11H,3-6,13H2,1-2H3. The maximum absolute atomic E-state index is 12.2. The quantitative estimate of drug-likeness (QED) is 0.824. The number of carbonyl (C=O) groups is 1. The molecule has 0 spiro atoms. The van der Waals surface area contributed by atoms with Crippen LogP contribution in [0.25, 0.3) is 0 Å². The lowest BCUT2D eigenvalue weighted by Gasteiger charge is -2.35. The molecule has 0 aromatic carbocycles. The molecule has 1 aliphatic rings. The molecule has 1 aliphatic carbocycles. The first kappa shape index (κ1) is 12.1. The molecule has 1 aromatic rings. The van der Waals surface area contributed by atoms with Crippen molar-refractivity contribution in [3.05, 3.63) is 18.0 Å². The first-order chi connectivity index (χ1) is 8.09. The number of nitrogens with two attached hydrogens (primary N) is 1. The molecule has 0 saturated heterocycles. The number of aromatic nitrogens is 2. The average molecular weight is 236 g/mol. The van der Waals surface area contributed by atoms with Gasteiger partial charge in [-0.1, -0.05) is 12.8 Å². The minimum absolute atomic E-state index is 0.0343. The molecule has 2 N–H and O–H groups in total. The van der Waals surface area contributed by atoms with Crippen LogP contribution in [0.4, 0.5) is 0 Å². The summed E-state index contributed by atoms with van der Waals surface area (Å²) >= 11 is 0. The highest BCUT2D eigenvalue weighted by atomic mass is 16.2. The Morgan fingerprint density at radius 2 is 2.24 bits per heavy atom. The molecule has 0 bridgehead atoms. The van der Waals surface area contributed by atoms with Crippen LogP contribution in [-0.2, 0) is 7.05 Å². The molecule has 1 saturated carbocycles. The molecule has 94 valence electrons. The number of amides is 1. The zero-order valence-corrected chi connectivity index (χ0v) is 10.5. The van der Waals surface area contributed by atoms with Crippen molar-refractivity contribution >= 4 is 5.91 Å². The van der Waals surface area contributed by atoms with E-state index >= 15 is 0 Å². The smallest absolute Gasteiger partial charge is 0.274 e. The van der Waals surface area contributed by atoms with Gasteiger partial charge in [0.1, 0.15) is 5.69 Å². The van der Waals surface area contributed by atoms with Gasteiger partial charge in [0.15, 0.2) is 0 Å². The second-order valence-corrected chi connectivity index (χ2v) is 4.81. The van der Waals surface area contributed by atoms with Gasteiger partial charge in [-0.25, -0.2) is 0 Å². The zero-order valence-electron chi connectivity index (χ0n) is 10.5. The molecule has 2 atom stereocenters. The third-order valence-corrected chi connectivity index (χ3v) is 3.53. The lowest BCUT2D eigenvalue weighted by molar-refractivity contribution is 0.0665. The Morgan fingerprint density at radius 1 is 1.53 bits per heavy atom. The Kier molecular flexibility index (Phi) is 3.47. The van der Waals surface area contributed by atoms with Gasteiger partial charge in [0, 0.05) is 32.4 Å². The molecular weight excluding hydrogens is 216 g/mol. The average Bonchev–Trinajstić information content (AvgIpc) is 2.75. The van der Waals surface area contributed by atoms with E-state index in [0.29, 0.717) is 5.69 Å². The second-order valence-electron chi connectivity index (χ2n) is 4.81. The molecular formula is C12H20N4O. The molecule has 2 rings (SSSR count). The van der Waals surface area contributed by atoms with Crippen LogP contribution >= 0.6 is 0 Å². The van der Waals surface area contributed by atoms with E-state index in [9.17, 15) is 4.79 Å². The van der Waals surface area contributed by atoms with Gasteiger partial charge in [-0.3, -0.25) is 9.48 Å². The summed E-state index contributed by atoms with van der Waals surface area (Å²) in [5.41, 5.74) is 6.57. The second kappa shape index (κ2) is 4.87. The van der Waals surface area contributed by atoms with E-state index in [2.05, 4.69) is 5.10 Å². The van der Waals surface area contributed by atoms with Crippen LogP contribution in [0.2, 0.25) is 0 Å². The minimum atomic E-state index is -0.0343. The van der Waals surface area contributed by atoms with Crippen molar-refractivity contribution in [3.8, 4) is 0 Å². The monoisotopic (exact) mass is 236 g/mol. The lowest BCUT2D eigenvalue weighted by atomic mass is 9.90. The number of rotatable bonds is 2. The van der Waals surface area contributed by atoms with E-state index in [1.165, 1.54) is 6.42 Å². The summed E-state index contributed by atoms with van der Waals surface area (Å²) in [7, 11) is 3.63. The largest absolute Gasteiger partial charge is 0.336 e. The van der Waals surface area contributed by atoms with Crippen molar-refractivity contribution < 1.29 is 4.79 Å². The van der Waals surface area contributed by atoms with E-state index < -0.39 is 0 Å². The number of nitrogens with zero attached hydrogens (tertiary/aromatic N) is 3. The van der Waals surface area contributed by atoms with Gasteiger partial charge >= 0.3 is 0 Å². The predicted molar refractivity (Wildman–Crippen MR) is 65.5 cm³/mol. The van der Waals surface area contributed by atoms with Crippen LogP contribution in [0, 0.1) is 0 Å². The fraction of sp³-hybridized carbons (Fsp3) is 0.667. The predicted octanol–water partition coefficient (Wildman–Crippen LogP) is 0.762. The number of hydrogen-bond acceptors (Lipinski definition) is 3. The fourth-order valence-corrected chi connectivity index (χ4v) is 2.48. The first-order valence-corrected chi connectivity index (χ1v) is 6.12. The topological polar surface area (TPSA) is 64.2 Å². The molecule has 5 nitrogen and oxygen atoms in total. The van der Waals surface area contributed by atoms with Crippen molar-refractivity contribution in [2.24, 2.45) is 12.8 Å². The molecule has 17 heavy (non-hydrogen) atoms. The van der Waals surface area contributed by atoms with E-state index in [1.807, 2.05) is 14.1 Å². The normalized spacial score (nSPS) is 24.6. The van der Waals surface area contributed by atoms with Crippen molar-refractivity contribution in [1.82, 2.24) is 14.7 Å². The number of aryl methyl sites for hydroxylation is 1. The summed E-state index contributed by atoms with van der Waals surface area (Å²) in [4.78, 5) is 14.0. The van der Waals surface area contributed by atoms with Crippen LogP contribution < -0.4 is 5.73 Å². The van der Waals surface area contributed by atoms with Crippen LogP contribution in [-0.4, -0.2) is 39.7 Å². The number of carbonyl (C=O) groups excluding carboxylic acids is 1. The molecule has 0 radical (unpaired) electrons. The molecule has 1 aromatic heterocycles. The Balaban J connectivity index is 2.08. The summed E-state index contributed by atoms with van der Waals surface area (Å²) < 4.78 is 1.64. The Bertz CT molecular complexity index is 401. The molecule has 1 amide bonds. The van der Waals surface area contributed by atoms with Gasteiger partial charge in [0.25, 0.3) is 5.91 Å². The fourth-order valence-electron chi connectivity index (χ4n) is 2.48. The Labute approximate surface area is 102 Å². The van der Waals surface area contributed by atoms with Crippen LogP contribution in [0.5, 0.6) is 0 Å². The van der Waals surface area contributed by atoms with Crippen LogP contribution in [0.15, 0.2) is 12.3 Å². The van der Waals surface area contributed by atoms with E-state index in [-0.39, 0.29) is 18.0 Å². The first-order valence-electron chi connectivity index (χ1n) is 6.12. The maximum Gasteiger partial charge on any atom is 0.274 e. The third kappa shape index (κ3) is 2.49. The van der Waals surface area contributed by atoms with Crippen LogP contribution in [0.3, 0.4) is 0 Å². The summed E-state index contributed by atoms with van der Waals surface area (Å²) in [6.45, 7) is 0. The summed E-state index contributed by atoms with van der Waals surface area (Å²) in [5.74, 6) is -0.0343. The Hall–Kier alpha value is -1.36. The van der Waals surface area contributed by atoms with E-state index in [0.717, 1.165) is 19.3 Å². The van der Waals surface area contributed by atoms with Crippen molar-refractivity contribution in [3.63, 3.8) is 0 Å². The summed E-state index contributed by atoms with van der Waals surface area (Å²) in [5, 5.41) is 4.14. The van der Waals surface area contributed by atoms with Crippen molar-refractivity contribution in [2.75, 3.05) is 7.05 Å². The molecule has 2 unspecified atom stereocenters. The molecule has 1 heterocycles. The SMILES string of the molecule is CN(C(=O)c1ccn(C)n1)C1CCCCC1N. The van der Waals surface area contributed by atoms with Gasteiger partial charge in [0.2, 0.25) is 0 Å². The van der Waals surface area contributed by atoms with E-state index in [4.69, 9.17) is 5.73 Å². The highest BCUT2D eigenvalue weighted by Gasteiger charge is 2.29. The number of hydrogen-bond donors (Lipinski definition) is 1. The summed E-state index contributed by atoms with van der Waals surface area (Å²) in [6, 6.07) is 1.99. The highest BCUT2D eigenvalue weighted by molar-refractivity contribution is 5.92. The number of likely N-dealkylation sites (N-methyl/N-ethyl adjacent to an activating group) is 1. The highest BCUT2D eigenvalue weighted by Crippen LogP contribution is 2.22. The summed E-state index contributed by atoms with van der Waals surface area (Å²) in [6.07, 6.45) is 6.10. The maximum atomic E-state index is 12.2. The Morgan fingerprint density at radius 3 is 2.82 bits per heavy atom. The third-order valence-electron chi connectivity index (χ3n) is 3.53. The van der Waals surface area contributed by atoms with Crippen LogP contribution in [0.1, 0.15) is 36.2 Å². The molecule has 0 aliphatic heterocycles. The van der Waals surface area contributed by atoms with Gasteiger partial charge in [-0.2, -0.15) is 5.10 Å². The van der Waals surface area contributed by atoms with Gasteiger partial charge in [-0.05, 0) is 18.9 Å². The van der Waals surface area contributed by atoms with Gasteiger partial charge in [-0.15, -0.1) is 0 Å². The van der Waals surface area contributed by atoms with Crippen molar-refractivity contribution in [2.45, 2.75) is 37.8 Å². The minimum Gasteiger partial charge on any atom is -0.336 e. The lowest BCUT2D eigenvalue weighted by Crippen LogP contribution is -2.50. The zero-order chi connectivity index (χ0) is 12.4. The van der Waals surface area contributed by atoms with Crippen molar-refractivity contribution in [1.29, 1.82) is 0 Å². The van der Waals surface area contributed by atoms with Gasteiger partial charge < -0.3 is 10.6 Å². The van der Waals surface area contributed by atoms with E-state index in [1.54, 1.807) is 21.8 Å². The molecule has 5 heteroatoms. The van der Waals surface area contributed by atoms with Gasteiger partial charge in [0.05, 0.1) is 0 Å². The molecule has 1 fully saturated rings.